The monoisotopic (exact) mass is 465 g/mol. The summed E-state index contributed by atoms with van der Waals surface area (Å²) in [5, 5.41) is 14.2. The van der Waals surface area contributed by atoms with Gasteiger partial charge in [0.25, 0.3) is 10.0 Å². The van der Waals surface area contributed by atoms with Crippen LogP contribution in [-0.4, -0.2) is 33.2 Å². The van der Waals surface area contributed by atoms with Gasteiger partial charge in [-0.1, -0.05) is 44.2 Å². The lowest BCUT2D eigenvalue weighted by atomic mass is 10.1. The van der Waals surface area contributed by atoms with E-state index in [1.54, 1.807) is 42.7 Å². The molecule has 4 rings (SSSR count). The van der Waals surface area contributed by atoms with Gasteiger partial charge in [-0.15, -0.1) is 0 Å². The van der Waals surface area contributed by atoms with E-state index in [1.165, 1.54) is 3.97 Å². The van der Waals surface area contributed by atoms with E-state index in [-0.39, 0.29) is 17.7 Å². The highest BCUT2D eigenvalue weighted by molar-refractivity contribution is 7.90. The van der Waals surface area contributed by atoms with Crippen molar-refractivity contribution in [1.29, 1.82) is 0 Å². The molecule has 172 valence electrons. The number of aliphatic carboxylic acids is 1. The highest BCUT2D eigenvalue weighted by Crippen LogP contribution is 2.29. The molecule has 4 aromatic rings. The maximum Gasteiger partial charge on any atom is 0.303 e. The van der Waals surface area contributed by atoms with Crippen LogP contribution in [0.15, 0.2) is 72.0 Å². The van der Waals surface area contributed by atoms with E-state index in [0.717, 1.165) is 29.5 Å². The Morgan fingerprint density at radius 1 is 1.06 bits per heavy atom. The summed E-state index contributed by atoms with van der Waals surface area (Å²) < 4.78 is 30.3. The predicted molar refractivity (Wildman–Crippen MR) is 128 cm³/mol. The lowest BCUT2D eigenvalue weighted by molar-refractivity contribution is -0.136. The van der Waals surface area contributed by atoms with Crippen LogP contribution in [0.5, 0.6) is 0 Å². The van der Waals surface area contributed by atoms with E-state index in [0.29, 0.717) is 17.0 Å². The van der Waals surface area contributed by atoms with Gasteiger partial charge in [0.2, 0.25) is 0 Å². The third-order valence-corrected chi connectivity index (χ3v) is 7.33. The minimum atomic E-state index is -3.89. The van der Waals surface area contributed by atoms with E-state index in [9.17, 15) is 13.2 Å². The number of para-hydroxylation sites is 1. The van der Waals surface area contributed by atoms with E-state index in [2.05, 4.69) is 18.9 Å². The number of fused-ring (bicyclic) bond motifs is 1. The molecule has 2 aromatic carbocycles. The molecular formula is C25H27N3O4S. The summed E-state index contributed by atoms with van der Waals surface area (Å²) in [4.78, 5) is 11.2. The first-order valence-corrected chi connectivity index (χ1v) is 12.4. The van der Waals surface area contributed by atoms with Crippen LogP contribution in [0.2, 0.25) is 0 Å². The van der Waals surface area contributed by atoms with Crippen LogP contribution in [0.25, 0.3) is 22.0 Å². The summed E-state index contributed by atoms with van der Waals surface area (Å²) in [6.45, 7) is 5.14. The zero-order valence-corrected chi connectivity index (χ0v) is 19.5. The Kier molecular flexibility index (Phi) is 6.37. The second-order valence-electron chi connectivity index (χ2n) is 8.57. The predicted octanol–water partition coefficient (Wildman–Crippen LogP) is 4.81. The third-order valence-electron chi connectivity index (χ3n) is 5.66. The fraction of sp³-hybridized carbons (Fsp3) is 0.280. The van der Waals surface area contributed by atoms with Gasteiger partial charge >= 0.3 is 5.97 Å². The molecule has 0 saturated carbocycles. The van der Waals surface area contributed by atoms with Crippen molar-refractivity contribution >= 4 is 26.9 Å². The zero-order valence-electron chi connectivity index (χ0n) is 18.7. The number of hydrogen-bond acceptors (Lipinski definition) is 4. The van der Waals surface area contributed by atoms with E-state index in [4.69, 9.17) is 5.11 Å². The standard InChI is InChI=1S/C25H27N3O4S/c1-18(2)12-13-27-16-21(15-26-27)19-6-5-7-22(14-19)33(31,32)28-17-20(10-11-25(29)30)23-8-3-4-9-24(23)28/h3-9,14-18H,10-13H2,1-2H3,(H,29,30). The summed E-state index contributed by atoms with van der Waals surface area (Å²) in [5.41, 5.74) is 2.86. The molecular weight excluding hydrogens is 438 g/mol. The SMILES string of the molecule is CC(C)CCn1cc(-c2cccc(S(=O)(=O)n3cc(CCC(=O)O)c4ccccc43)c2)cn1. The van der Waals surface area contributed by atoms with Crippen LogP contribution in [0.1, 0.15) is 32.3 Å². The summed E-state index contributed by atoms with van der Waals surface area (Å²) in [6, 6.07) is 14.0. The van der Waals surface area contributed by atoms with Gasteiger partial charge in [-0.3, -0.25) is 9.48 Å². The Morgan fingerprint density at radius 3 is 2.61 bits per heavy atom. The molecule has 0 bridgehead atoms. The molecule has 0 aliphatic heterocycles. The van der Waals surface area contributed by atoms with Crippen molar-refractivity contribution in [3.63, 3.8) is 0 Å². The molecule has 33 heavy (non-hydrogen) atoms. The summed E-state index contributed by atoms with van der Waals surface area (Å²) in [7, 11) is -3.89. The molecule has 0 saturated heterocycles. The normalized spacial score (nSPS) is 12.0. The van der Waals surface area contributed by atoms with Gasteiger partial charge in [0.1, 0.15) is 0 Å². The number of benzene rings is 2. The topological polar surface area (TPSA) is 94.2 Å². The van der Waals surface area contributed by atoms with Gasteiger partial charge in [0.05, 0.1) is 16.6 Å². The molecule has 0 atom stereocenters. The van der Waals surface area contributed by atoms with E-state index in [1.807, 2.05) is 29.1 Å². The first-order chi connectivity index (χ1) is 15.8. The minimum Gasteiger partial charge on any atom is -0.481 e. The van der Waals surface area contributed by atoms with Crippen molar-refractivity contribution < 1.29 is 18.3 Å². The number of carboxylic acids is 1. The summed E-state index contributed by atoms with van der Waals surface area (Å²) in [5.74, 6) is -0.348. The second-order valence-corrected chi connectivity index (χ2v) is 10.4. The zero-order chi connectivity index (χ0) is 23.6. The fourth-order valence-corrected chi connectivity index (χ4v) is 5.27. The van der Waals surface area contributed by atoms with Crippen LogP contribution in [0.4, 0.5) is 0 Å². The number of carboxylic acid groups (broad SMARTS) is 1. The summed E-state index contributed by atoms with van der Waals surface area (Å²) >= 11 is 0. The number of carbonyl (C=O) groups is 1. The van der Waals surface area contributed by atoms with Gasteiger partial charge < -0.3 is 5.11 Å². The molecule has 0 aliphatic carbocycles. The minimum absolute atomic E-state index is 0.0651. The second kappa shape index (κ2) is 9.23. The molecule has 0 spiro atoms. The Morgan fingerprint density at radius 2 is 1.85 bits per heavy atom. The van der Waals surface area contributed by atoms with E-state index >= 15 is 0 Å². The average molecular weight is 466 g/mol. The molecule has 0 unspecified atom stereocenters. The van der Waals surface area contributed by atoms with Gasteiger partial charge in [-0.05, 0) is 48.1 Å². The van der Waals surface area contributed by atoms with Crippen molar-refractivity contribution in [3.05, 3.63) is 72.7 Å². The van der Waals surface area contributed by atoms with Crippen molar-refractivity contribution in [3.8, 4) is 11.1 Å². The van der Waals surface area contributed by atoms with Crippen LogP contribution >= 0.6 is 0 Å². The molecule has 2 heterocycles. The van der Waals surface area contributed by atoms with Crippen LogP contribution in [0.3, 0.4) is 0 Å². The Hall–Kier alpha value is -3.39. The van der Waals surface area contributed by atoms with Crippen LogP contribution in [-0.2, 0) is 27.8 Å². The Balaban J connectivity index is 1.70. The smallest absolute Gasteiger partial charge is 0.303 e. The Labute approximate surface area is 193 Å². The highest BCUT2D eigenvalue weighted by atomic mass is 32.2. The fourth-order valence-electron chi connectivity index (χ4n) is 3.83. The van der Waals surface area contributed by atoms with Gasteiger partial charge in [-0.2, -0.15) is 5.10 Å². The molecule has 0 amide bonds. The molecule has 2 aromatic heterocycles. The number of aromatic nitrogens is 3. The molecule has 7 nitrogen and oxygen atoms in total. The average Bonchev–Trinajstić information content (AvgIpc) is 3.42. The first-order valence-electron chi connectivity index (χ1n) is 10.9. The lowest BCUT2D eigenvalue weighted by Gasteiger charge is -2.09. The largest absolute Gasteiger partial charge is 0.481 e. The molecule has 0 fully saturated rings. The van der Waals surface area contributed by atoms with Crippen molar-refractivity contribution in [2.45, 2.75) is 44.6 Å². The number of rotatable bonds is 9. The van der Waals surface area contributed by atoms with Crippen molar-refractivity contribution in [2.75, 3.05) is 0 Å². The number of nitrogens with zero attached hydrogens (tertiary/aromatic N) is 3. The molecule has 1 N–H and O–H groups in total. The molecule has 8 heteroatoms. The third kappa shape index (κ3) is 4.85. The van der Waals surface area contributed by atoms with Gasteiger partial charge in [-0.25, -0.2) is 12.4 Å². The van der Waals surface area contributed by atoms with E-state index < -0.39 is 16.0 Å². The maximum atomic E-state index is 13.6. The summed E-state index contributed by atoms with van der Waals surface area (Å²) in [6.07, 6.45) is 6.43. The Bertz CT molecular complexity index is 1400. The number of hydrogen-bond donors (Lipinski definition) is 1. The number of aryl methyl sites for hydroxylation is 2. The maximum absolute atomic E-state index is 13.6. The highest BCUT2D eigenvalue weighted by Gasteiger charge is 2.22. The van der Waals surface area contributed by atoms with Crippen molar-refractivity contribution in [2.24, 2.45) is 5.92 Å². The molecule has 0 radical (unpaired) electrons. The quantitative estimate of drug-likeness (QED) is 0.383. The van der Waals surface area contributed by atoms with Gasteiger partial charge in [0.15, 0.2) is 0 Å². The van der Waals surface area contributed by atoms with Crippen LogP contribution in [0, 0.1) is 5.92 Å². The lowest BCUT2D eigenvalue weighted by Crippen LogP contribution is -2.12. The molecule has 0 aliphatic rings. The van der Waals surface area contributed by atoms with Gasteiger partial charge in [0, 0.05) is 36.3 Å². The first kappa shape index (κ1) is 22.8. The van der Waals surface area contributed by atoms with Crippen LogP contribution < -0.4 is 0 Å². The van der Waals surface area contributed by atoms with Crippen molar-refractivity contribution in [1.82, 2.24) is 13.8 Å².